The molecule has 0 saturated carbocycles. The van der Waals surface area contributed by atoms with Gasteiger partial charge in [0.2, 0.25) is 6.29 Å². The minimum Gasteiger partial charge on any atom is -0.378 e. The van der Waals surface area contributed by atoms with Crippen molar-refractivity contribution in [2.75, 3.05) is 11.9 Å². The largest absolute Gasteiger partial charge is 0.378 e. The van der Waals surface area contributed by atoms with Gasteiger partial charge in [-0.3, -0.25) is 9.59 Å². The Labute approximate surface area is 83.1 Å². The summed E-state index contributed by atoms with van der Waals surface area (Å²) in [6, 6.07) is 7.37. The predicted octanol–water partition coefficient (Wildman–Crippen LogP) is 1.34. The van der Waals surface area contributed by atoms with Crippen LogP contribution in [0.25, 0.3) is 0 Å². The maximum atomic E-state index is 10.7. The molecule has 0 aromatic heterocycles. The van der Waals surface area contributed by atoms with Gasteiger partial charge in [-0.25, -0.2) is 0 Å². The smallest absolute Gasteiger partial charge is 0.203 e. The molecule has 1 N–H and O–H groups in total. The van der Waals surface area contributed by atoms with Crippen molar-refractivity contribution in [1.29, 1.82) is 0 Å². The van der Waals surface area contributed by atoms with Crippen molar-refractivity contribution in [2.24, 2.45) is 0 Å². The minimum atomic E-state index is 0.0929. The van der Waals surface area contributed by atoms with E-state index in [-0.39, 0.29) is 5.78 Å². The number of carbonyl (C=O) groups is 1. The maximum Gasteiger partial charge on any atom is 0.203 e. The minimum absolute atomic E-state index is 0.0929. The molecule has 0 amide bonds. The maximum absolute atomic E-state index is 10.7. The summed E-state index contributed by atoms with van der Waals surface area (Å²) in [7, 11) is 0. The van der Waals surface area contributed by atoms with Gasteiger partial charge in [0, 0.05) is 12.1 Å². The van der Waals surface area contributed by atoms with Crippen molar-refractivity contribution >= 4 is 17.8 Å². The van der Waals surface area contributed by atoms with E-state index in [1.807, 2.05) is 30.6 Å². The van der Waals surface area contributed by atoms with Crippen molar-refractivity contribution < 1.29 is 9.59 Å². The third-order valence-electron chi connectivity index (χ3n) is 1.77. The SMILES string of the molecule is CC(=O)CNc1ccc(C[C]=O)cc1. The van der Waals surface area contributed by atoms with E-state index in [0.29, 0.717) is 13.0 Å². The fourth-order valence-electron chi connectivity index (χ4n) is 1.05. The van der Waals surface area contributed by atoms with Crippen LogP contribution in [-0.2, 0) is 16.0 Å². The molecular weight excluding hydrogens is 178 g/mol. The van der Waals surface area contributed by atoms with Crippen LogP contribution in [0.4, 0.5) is 5.69 Å². The number of benzene rings is 1. The first-order chi connectivity index (χ1) is 6.72. The molecule has 0 heterocycles. The molecule has 0 aliphatic carbocycles. The van der Waals surface area contributed by atoms with Gasteiger partial charge in [0.15, 0.2) is 0 Å². The molecule has 0 saturated heterocycles. The Morgan fingerprint density at radius 2 is 2.00 bits per heavy atom. The second-order valence-electron chi connectivity index (χ2n) is 3.07. The highest BCUT2D eigenvalue weighted by Gasteiger charge is 1.95. The third-order valence-corrected chi connectivity index (χ3v) is 1.77. The zero-order valence-corrected chi connectivity index (χ0v) is 8.04. The first-order valence-corrected chi connectivity index (χ1v) is 4.39. The van der Waals surface area contributed by atoms with Gasteiger partial charge in [-0.15, -0.1) is 0 Å². The van der Waals surface area contributed by atoms with Crippen molar-refractivity contribution in [1.82, 2.24) is 0 Å². The van der Waals surface area contributed by atoms with E-state index in [2.05, 4.69) is 5.32 Å². The van der Waals surface area contributed by atoms with Gasteiger partial charge in [0.05, 0.1) is 6.54 Å². The topological polar surface area (TPSA) is 46.2 Å². The summed E-state index contributed by atoms with van der Waals surface area (Å²) in [5, 5.41) is 2.97. The molecule has 1 aromatic rings. The van der Waals surface area contributed by atoms with Crippen LogP contribution in [0.1, 0.15) is 12.5 Å². The molecule has 14 heavy (non-hydrogen) atoms. The molecular formula is C11H12NO2. The molecule has 1 rings (SSSR count). The second-order valence-corrected chi connectivity index (χ2v) is 3.07. The van der Waals surface area contributed by atoms with Crippen molar-refractivity contribution in [3.05, 3.63) is 29.8 Å². The predicted molar refractivity (Wildman–Crippen MR) is 55.0 cm³/mol. The van der Waals surface area contributed by atoms with E-state index in [1.165, 1.54) is 6.92 Å². The fraction of sp³-hybridized carbons (Fsp3) is 0.273. The third kappa shape index (κ3) is 3.39. The Kier molecular flexibility index (Phi) is 3.85. The van der Waals surface area contributed by atoms with Crippen LogP contribution in [0.15, 0.2) is 24.3 Å². The monoisotopic (exact) mass is 190 g/mol. The molecule has 3 nitrogen and oxygen atoms in total. The lowest BCUT2D eigenvalue weighted by atomic mass is 10.1. The quantitative estimate of drug-likeness (QED) is 0.762. The van der Waals surface area contributed by atoms with Gasteiger partial charge in [0.25, 0.3) is 0 Å². The molecule has 0 aliphatic heterocycles. The van der Waals surface area contributed by atoms with Crippen LogP contribution >= 0.6 is 0 Å². The van der Waals surface area contributed by atoms with Gasteiger partial charge in [-0.05, 0) is 24.6 Å². The average molecular weight is 190 g/mol. The van der Waals surface area contributed by atoms with Crippen molar-refractivity contribution in [3.63, 3.8) is 0 Å². The second kappa shape index (κ2) is 5.17. The molecule has 0 unspecified atom stereocenters. The Morgan fingerprint density at radius 3 is 2.50 bits per heavy atom. The van der Waals surface area contributed by atoms with Crippen LogP contribution in [0, 0.1) is 0 Å². The number of hydrogen-bond acceptors (Lipinski definition) is 3. The molecule has 0 spiro atoms. The van der Waals surface area contributed by atoms with Gasteiger partial charge >= 0.3 is 0 Å². The molecule has 73 valence electrons. The lowest BCUT2D eigenvalue weighted by Gasteiger charge is -2.03. The van der Waals surface area contributed by atoms with E-state index in [9.17, 15) is 9.59 Å². The fourth-order valence-corrected chi connectivity index (χ4v) is 1.05. The highest BCUT2D eigenvalue weighted by Crippen LogP contribution is 2.08. The normalized spacial score (nSPS) is 9.50. The number of nitrogens with one attached hydrogen (secondary N) is 1. The lowest BCUT2D eigenvalue weighted by Crippen LogP contribution is -2.09. The van der Waals surface area contributed by atoms with E-state index in [4.69, 9.17) is 0 Å². The summed E-state index contributed by atoms with van der Waals surface area (Å²) in [6.45, 7) is 1.86. The average Bonchev–Trinajstić information content (AvgIpc) is 2.17. The molecule has 1 aromatic carbocycles. The molecule has 3 heteroatoms. The highest BCUT2D eigenvalue weighted by atomic mass is 16.1. The number of ketones is 1. The number of rotatable bonds is 5. The summed E-state index contributed by atoms with van der Waals surface area (Å²) in [4.78, 5) is 20.8. The first kappa shape index (κ1) is 10.4. The summed E-state index contributed by atoms with van der Waals surface area (Å²) < 4.78 is 0. The van der Waals surface area contributed by atoms with Gasteiger partial charge in [-0.1, -0.05) is 12.1 Å². The highest BCUT2D eigenvalue weighted by molar-refractivity contribution is 5.80. The van der Waals surface area contributed by atoms with Gasteiger partial charge in [-0.2, -0.15) is 0 Å². The van der Waals surface area contributed by atoms with Crippen LogP contribution in [0.5, 0.6) is 0 Å². The zero-order chi connectivity index (χ0) is 10.4. The number of carbonyl (C=O) groups excluding carboxylic acids is 2. The Hall–Kier alpha value is -1.64. The van der Waals surface area contributed by atoms with E-state index >= 15 is 0 Å². The lowest BCUT2D eigenvalue weighted by molar-refractivity contribution is -0.115. The number of hydrogen-bond donors (Lipinski definition) is 1. The van der Waals surface area contributed by atoms with Crippen molar-refractivity contribution in [3.8, 4) is 0 Å². The van der Waals surface area contributed by atoms with Crippen LogP contribution in [-0.4, -0.2) is 18.6 Å². The van der Waals surface area contributed by atoms with Gasteiger partial charge in [0.1, 0.15) is 5.78 Å². The number of Topliss-reactive ketones (excluding diaryl/α,β-unsaturated/α-hetero) is 1. The summed E-state index contributed by atoms with van der Waals surface area (Å²) in [6.07, 6.45) is 2.14. The molecule has 0 bridgehead atoms. The van der Waals surface area contributed by atoms with Crippen LogP contribution in [0.3, 0.4) is 0 Å². The van der Waals surface area contributed by atoms with Crippen LogP contribution in [0.2, 0.25) is 0 Å². The summed E-state index contributed by atoms with van der Waals surface area (Å²) in [5.74, 6) is 0.0929. The van der Waals surface area contributed by atoms with E-state index < -0.39 is 0 Å². The molecule has 1 radical (unpaired) electrons. The molecule has 0 atom stereocenters. The standard InChI is InChI=1S/C11H12NO2/c1-9(14)8-12-11-4-2-10(3-5-11)6-7-13/h2-5,12H,6,8H2,1H3. The van der Waals surface area contributed by atoms with E-state index in [1.54, 1.807) is 0 Å². The van der Waals surface area contributed by atoms with Crippen LogP contribution < -0.4 is 5.32 Å². The molecule has 0 aliphatic rings. The molecule has 0 fully saturated rings. The Bertz CT molecular complexity index is 317. The Morgan fingerprint density at radius 1 is 1.36 bits per heavy atom. The summed E-state index contributed by atoms with van der Waals surface area (Å²) >= 11 is 0. The van der Waals surface area contributed by atoms with Gasteiger partial charge < -0.3 is 5.32 Å². The Balaban J connectivity index is 2.54. The number of anilines is 1. The van der Waals surface area contributed by atoms with E-state index in [0.717, 1.165) is 11.3 Å². The summed E-state index contributed by atoms with van der Waals surface area (Å²) in [5.41, 5.74) is 1.81. The zero-order valence-electron chi connectivity index (χ0n) is 8.04. The first-order valence-electron chi connectivity index (χ1n) is 4.39. The van der Waals surface area contributed by atoms with Crippen molar-refractivity contribution in [2.45, 2.75) is 13.3 Å².